The number of hydrogen-bond donors (Lipinski definition) is 1. The summed E-state index contributed by atoms with van der Waals surface area (Å²) in [5.74, 6) is 0.335. The van der Waals surface area contributed by atoms with Crippen molar-refractivity contribution in [2.24, 2.45) is 0 Å². The minimum Gasteiger partial charge on any atom is -0.354 e. The molecular weight excluding hydrogens is 471 g/mol. The molecule has 0 saturated heterocycles. The van der Waals surface area contributed by atoms with Crippen molar-refractivity contribution in [1.82, 2.24) is 10.2 Å². The summed E-state index contributed by atoms with van der Waals surface area (Å²) >= 11 is 1.47. The summed E-state index contributed by atoms with van der Waals surface area (Å²) in [6.07, 6.45) is 2.32. The number of halogens is 1. The first-order valence-electron chi connectivity index (χ1n) is 12.4. The molecule has 0 aliphatic heterocycles. The van der Waals surface area contributed by atoms with E-state index in [2.05, 4.69) is 18.3 Å². The highest BCUT2D eigenvalue weighted by atomic mass is 32.2. The van der Waals surface area contributed by atoms with Gasteiger partial charge in [-0.1, -0.05) is 85.6 Å². The first kappa shape index (κ1) is 27.5. The Morgan fingerprint density at radius 3 is 2.36 bits per heavy atom. The molecule has 4 nitrogen and oxygen atoms in total. The predicted molar refractivity (Wildman–Crippen MR) is 146 cm³/mol. The van der Waals surface area contributed by atoms with E-state index in [4.69, 9.17) is 0 Å². The minimum absolute atomic E-state index is 0.0878. The van der Waals surface area contributed by atoms with Crippen molar-refractivity contribution in [3.63, 3.8) is 0 Å². The highest BCUT2D eigenvalue weighted by Gasteiger charge is 2.30. The van der Waals surface area contributed by atoms with Crippen LogP contribution in [0.2, 0.25) is 0 Å². The summed E-state index contributed by atoms with van der Waals surface area (Å²) < 4.78 is 13.2. The SMILES string of the molecule is CCCCNC(=O)[C@H](Cc1ccccc1)N(Cc1cccc(C)c1)C(=O)CSCc1ccc(F)cc1. The fraction of sp³-hybridized carbons (Fsp3) is 0.333. The van der Waals surface area contributed by atoms with Crippen LogP contribution in [0.15, 0.2) is 78.9 Å². The number of thioether (sulfide) groups is 1. The number of carbonyl (C=O) groups is 2. The molecule has 0 aliphatic rings. The van der Waals surface area contributed by atoms with Crippen molar-refractivity contribution < 1.29 is 14.0 Å². The van der Waals surface area contributed by atoms with E-state index in [-0.39, 0.29) is 23.4 Å². The fourth-order valence-corrected chi connectivity index (χ4v) is 4.86. The van der Waals surface area contributed by atoms with E-state index < -0.39 is 6.04 Å². The van der Waals surface area contributed by atoms with Crippen LogP contribution in [0.4, 0.5) is 4.39 Å². The third-order valence-corrected chi connectivity index (χ3v) is 6.93. The van der Waals surface area contributed by atoms with Crippen LogP contribution in [0, 0.1) is 12.7 Å². The average Bonchev–Trinajstić information content (AvgIpc) is 2.88. The third-order valence-electron chi connectivity index (χ3n) is 5.94. The zero-order valence-corrected chi connectivity index (χ0v) is 21.9. The van der Waals surface area contributed by atoms with Gasteiger partial charge in [-0.05, 0) is 42.2 Å². The summed E-state index contributed by atoms with van der Waals surface area (Å²) in [6, 6.07) is 23.6. The molecule has 0 aromatic heterocycles. The molecule has 3 aromatic rings. The van der Waals surface area contributed by atoms with Gasteiger partial charge in [-0.2, -0.15) is 0 Å². The molecule has 0 saturated carbocycles. The summed E-state index contributed by atoms with van der Waals surface area (Å²) in [7, 11) is 0. The van der Waals surface area contributed by atoms with Crippen molar-refractivity contribution in [2.45, 2.75) is 51.4 Å². The second-order valence-corrected chi connectivity index (χ2v) is 9.97. The van der Waals surface area contributed by atoms with Gasteiger partial charge in [-0.3, -0.25) is 9.59 Å². The molecule has 36 heavy (non-hydrogen) atoms. The highest BCUT2D eigenvalue weighted by molar-refractivity contribution is 7.99. The molecular formula is C30H35FN2O2S. The van der Waals surface area contributed by atoms with Crippen LogP contribution in [0.3, 0.4) is 0 Å². The Morgan fingerprint density at radius 2 is 1.67 bits per heavy atom. The van der Waals surface area contributed by atoms with Crippen molar-refractivity contribution in [2.75, 3.05) is 12.3 Å². The molecule has 1 atom stereocenters. The van der Waals surface area contributed by atoms with E-state index in [1.807, 2.05) is 55.5 Å². The lowest BCUT2D eigenvalue weighted by Crippen LogP contribution is -2.51. The Balaban J connectivity index is 1.82. The molecule has 0 fully saturated rings. The van der Waals surface area contributed by atoms with Gasteiger partial charge in [0.15, 0.2) is 0 Å². The highest BCUT2D eigenvalue weighted by Crippen LogP contribution is 2.19. The molecule has 6 heteroatoms. The lowest BCUT2D eigenvalue weighted by atomic mass is 10.0. The Morgan fingerprint density at radius 1 is 0.944 bits per heavy atom. The molecule has 0 bridgehead atoms. The summed E-state index contributed by atoms with van der Waals surface area (Å²) in [4.78, 5) is 28.7. The normalized spacial score (nSPS) is 11.6. The summed E-state index contributed by atoms with van der Waals surface area (Å²) in [5.41, 5.74) is 4.07. The van der Waals surface area contributed by atoms with Crippen LogP contribution in [0.1, 0.15) is 42.0 Å². The second-order valence-electron chi connectivity index (χ2n) is 8.98. The molecule has 3 rings (SSSR count). The van der Waals surface area contributed by atoms with Crippen LogP contribution in [-0.4, -0.2) is 35.1 Å². The fourth-order valence-electron chi connectivity index (χ4n) is 3.99. The molecule has 1 N–H and O–H groups in total. The monoisotopic (exact) mass is 506 g/mol. The zero-order chi connectivity index (χ0) is 25.8. The van der Waals surface area contributed by atoms with E-state index >= 15 is 0 Å². The number of nitrogens with one attached hydrogen (secondary N) is 1. The molecule has 0 aliphatic carbocycles. The summed E-state index contributed by atoms with van der Waals surface area (Å²) in [6.45, 7) is 5.05. The lowest BCUT2D eigenvalue weighted by molar-refractivity contribution is -0.139. The van der Waals surface area contributed by atoms with Gasteiger partial charge in [0.05, 0.1) is 5.75 Å². The van der Waals surface area contributed by atoms with Gasteiger partial charge >= 0.3 is 0 Å². The van der Waals surface area contributed by atoms with E-state index in [9.17, 15) is 14.0 Å². The minimum atomic E-state index is -0.622. The van der Waals surface area contributed by atoms with E-state index in [1.54, 1.807) is 17.0 Å². The number of amides is 2. The van der Waals surface area contributed by atoms with Crippen molar-refractivity contribution >= 4 is 23.6 Å². The number of rotatable bonds is 13. The summed E-state index contributed by atoms with van der Waals surface area (Å²) in [5, 5.41) is 3.05. The van der Waals surface area contributed by atoms with Crippen molar-refractivity contribution in [3.8, 4) is 0 Å². The number of benzene rings is 3. The van der Waals surface area contributed by atoms with Crippen LogP contribution in [-0.2, 0) is 28.3 Å². The van der Waals surface area contributed by atoms with Gasteiger partial charge in [0.25, 0.3) is 0 Å². The Hall–Kier alpha value is -3.12. The van der Waals surface area contributed by atoms with E-state index in [0.29, 0.717) is 25.3 Å². The van der Waals surface area contributed by atoms with Crippen LogP contribution in [0.25, 0.3) is 0 Å². The average molecular weight is 507 g/mol. The van der Waals surface area contributed by atoms with Crippen LogP contribution in [0.5, 0.6) is 0 Å². The van der Waals surface area contributed by atoms with Crippen LogP contribution < -0.4 is 5.32 Å². The van der Waals surface area contributed by atoms with Crippen LogP contribution >= 0.6 is 11.8 Å². The zero-order valence-electron chi connectivity index (χ0n) is 21.1. The lowest BCUT2D eigenvalue weighted by Gasteiger charge is -2.31. The van der Waals surface area contributed by atoms with Crippen molar-refractivity contribution in [1.29, 1.82) is 0 Å². The first-order valence-corrected chi connectivity index (χ1v) is 13.6. The van der Waals surface area contributed by atoms with Crippen molar-refractivity contribution in [3.05, 3.63) is 107 Å². The number of aryl methyl sites for hydroxylation is 1. The molecule has 0 radical (unpaired) electrons. The van der Waals surface area contributed by atoms with Gasteiger partial charge in [-0.15, -0.1) is 11.8 Å². The predicted octanol–water partition coefficient (Wildman–Crippen LogP) is 5.92. The Kier molecular flexibility index (Phi) is 11.0. The van der Waals surface area contributed by atoms with Gasteiger partial charge in [0.2, 0.25) is 11.8 Å². The Labute approximate surface area is 218 Å². The molecule has 0 unspecified atom stereocenters. The van der Waals surface area contributed by atoms with Gasteiger partial charge in [-0.25, -0.2) is 4.39 Å². The standard InChI is InChI=1S/C30H35FN2O2S/c1-3-4-17-32-30(35)28(19-24-10-6-5-7-11-24)33(20-26-12-8-9-23(2)18-26)29(34)22-36-21-25-13-15-27(31)16-14-25/h5-16,18,28H,3-4,17,19-22H2,1-2H3,(H,32,35)/t28-/m0/s1. The first-order chi connectivity index (χ1) is 17.5. The van der Waals surface area contributed by atoms with Gasteiger partial charge in [0, 0.05) is 25.3 Å². The van der Waals surface area contributed by atoms with Gasteiger partial charge < -0.3 is 10.2 Å². The van der Waals surface area contributed by atoms with Gasteiger partial charge in [0.1, 0.15) is 11.9 Å². The quantitative estimate of drug-likeness (QED) is 0.293. The molecule has 2 amide bonds. The molecule has 0 heterocycles. The topological polar surface area (TPSA) is 49.4 Å². The maximum absolute atomic E-state index is 13.6. The second kappa shape index (κ2) is 14.4. The number of unbranched alkanes of at least 4 members (excludes halogenated alkanes) is 1. The molecule has 0 spiro atoms. The maximum Gasteiger partial charge on any atom is 0.243 e. The number of nitrogens with zero attached hydrogens (tertiary/aromatic N) is 1. The maximum atomic E-state index is 13.6. The van der Waals surface area contributed by atoms with E-state index in [0.717, 1.165) is 35.1 Å². The molecule has 190 valence electrons. The van der Waals surface area contributed by atoms with E-state index in [1.165, 1.54) is 23.9 Å². The third kappa shape index (κ3) is 8.83. The smallest absolute Gasteiger partial charge is 0.243 e. The molecule has 3 aromatic carbocycles. The number of carbonyl (C=O) groups excluding carboxylic acids is 2. The number of hydrogen-bond acceptors (Lipinski definition) is 3. The largest absolute Gasteiger partial charge is 0.354 e. The Bertz CT molecular complexity index is 1110.